The first-order valence-corrected chi connectivity index (χ1v) is 7.51. The van der Waals surface area contributed by atoms with Crippen molar-refractivity contribution in [2.75, 3.05) is 11.9 Å². The Bertz CT molecular complexity index is 554. The molecule has 1 aliphatic rings. The molecule has 1 aliphatic carbocycles. The number of nitrogens with one attached hydrogen (secondary N) is 1. The second-order valence-electron chi connectivity index (χ2n) is 6.15. The molecule has 21 heavy (non-hydrogen) atoms. The van der Waals surface area contributed by atoms with E-state index >= 15 is 0 Å². The first kappa shape index (κ1) is 15.4. The van der Waals surface area contributed by atoms with Crippen molar-refractivity contribution in [3.63, 3.8) is 0 Å². The molecule has 0 amide bonds. The van der Waals surface area contributed by atoms with Gasteiger partial charge in [0.2, 0.25) is 0 Å². The van der Waals surface area contributed by atoms with Crippen LogP contribution in [-0.2, 0) is 4.79 Å². The molecule has 1 fully saturated rings. The summed E-state index contributed by atoms with van der Waals surface area (Å²) < 4.78 is 0. The monoisotopic (exact) mass is 286 g/mol. The van der Waals surface area contributed by atoms with Gasteiger partial charge >= 0.3 is 5.97 Å². The Morgan fingerprint density at radius 3 is 2.71 bits per heavy atom. The van der Waals surface area contributed by atoms with E-state index < -0.39 is 5.97 Å². The molecule has 112 valence electrons. The number of carbonyl (C=O) groups is 1. The highest BCUT2D eigenvalue weighted by Crippen LogP contribution is 2.39. The van der Waals surface area contributed by atoms with Gasteiger partial charge < -0.3 is 10.4 Å². The number of aliphatic carboxylic acids is 1. The molecule has 1 saturated carbocycles. The van der Waals surface area contributed by atoms with Crippen molar-refractivity contribution < 1.29 is 9.90 Å². The molecule has 0 saturated heterocycles. The number of nitriles is 1. The van der Waals surface area contributed by atoms with Crippen LogP contribution in [0.15, 0.2) is 18.2 Å². The van der Waals surface area contributed by atoms with Crippen molar-refractivity contribution >= 4 is 11.7 Å². The van der Waals surface area contributed by atoms with Gasteiger partial charge in [0.05, 0.1) is 17.7 Å². The first-order chi connectivity index (χ1) is 10.0. The summed E-state index contributed by atoms with van der Waals surface area (Å²) in [5.74, 6) is -0.733. The number of carboxylic acid groups (broad SMARTS) is 1. The standard InChI is InChI=1S/C17H22N2O2/c1-13-5-6-14(11-18)15(9-13)19-12-17(10-16(20)21)7-3-2-4-8-17/h5-6,9,19H,2-4,7-8,10,12H2,1H3,(H,20,21). The molecule has 2 N–H and O–H groups in total. The van der Waals surface area contributed by atoms with Crippen molar-refractivity contribution in [3.8, 4) is 6.07 Å². The van der Waals surface area contributed by atoms with E-state index in [-0.39, 0.29) is 11.8 Å². The highest BCUT2D eigenvalue weighted by molar-refractivity contribution is 5.68. The predicted octanol–water partition coefficient (Wildman–Crippen LogP) is 3.70. The van der Waals surface area contributed by atoms with Crippen LogP contribution in [0, 0.1) is 23.7 Å². The Hall–Kier alpha value is -2.02. The second-order valence-corrected chi connectivity index (χ2v) is 6.15. The number of rotatable bonds is 5. The van der Waals surface area contributed by atoms with Crippen molar-refractivity contribution in [1.82, 2.24) is 0 Å². The van der Waals surface area contributed by atoms with Crippen LogP contribution in [0.3, 0.4) is 0 Å². The van der Waals surface area contributed by atoms with Crippen molar-refractivity contribution in [1.29, 1.82) is 5.26 Å². The van der Waals surface area contributed by atoms with Crippen LogP contribution < -0.4 is 5.32 Å². The summed E-state index contributed by atoms with van der Waals surface area (Å²) in [5.41, 5.74) is 2.34. The van der Waals surface area contributed by atoms with E-state index in [1.54, 1.807) is 0 Å². The SMILES string of the molecule is Cc1ccc(C#N)c(NCC2(CC(=O)O)CCCCC2)c1. The van der Waals surface area contributed by atoms with Crippen LogP contribution in [0.2, 0.25) is 0 Å². The number of aryl methyl sites for hydroxylation is 1. The van der Waals surface area contributed by atoms with Crippen molar-refractivity contribution in [2.24, 2.45) is 5.41 Å². The lowest BCUT2D eigenvalue weighted by Gasteiger charge is -2.36. The molecule has 0 spiro atoms. The van der Waals surface area contributed by atoms with Gasteiger partial charge in [0, 0.05) is 6.54 Å². The van der Waals surface area contributed by atoms with E-state index in [2.05, 4.69) is 11.4 Å². The molecule has 0 bridgehead atoms. The summed E-state index contributed by atoms with van der Waals surface area (Å²) in [5, 5.41) is 21.7. The van der Waals surface area contributed by atoms with Crippen molar-refractivity contribution in [3.05, 3.63) is 29.3 Å². The van der Waals surface area contributed by atoms with Crippen LogP contribution in [0.5, 0.6) is 0 Å². The fraction of sp³-hybridized carbons (Fsp3) is 0.529. The average Bonchev–Trinajstić information content (AvgIpc) is 2.46. The van der Waals surface area contributed by atoms with E-state index in [1.165, 1.54) is 6.42 Å². The van der Waals surface area contributed by atoms with Gasteiger partial charge in [-0.05, 0) is 42.9 Å². The quantitative estimate of drug-likeness (QED) is 0.865. The largest absolute Gasteiger partial charge is 0.481 e. The van der Waals surface area contributed by atoms with Gasteiger partial charge in [-0.25, -0.2) is 0 Å². The Morgan fingerprint density at radius 2 is 2.10 bits per heavy atom. The third kappa shape index (κ3) is 3.98. The van der Waals surface area contributed by atoms with Crippen LogP contribution in [0.4, 0.5) is 5.69 Å². The summed E-state index contributed by atoms with van der Waals surface area (Å²) in [4.78, 5) is 11.2. The van der Waals surface area contributed by atoms with Gasteiger partial charge in [-0.2, -0.15) is 5.26 Å². The number of benzene rings is 1. The Kier molecular flexibility index (Phi) is 4.85. The molecule has 0 atom stereocenters. The van der Waals surface area contributed by atoms with Crippen LogP contribution in [0.1, 0.15) is 49.7 Å². The van der Waals surface area contributed by atoms with Gasteiger partial charge in [-0.3, -0.25) is 4.79 Å². The molecule has 1 aromatic carbocycles. The Morgan fingerprint density at radius 1 is 1.38 bits per heavy atom. The third-order valence-corrected chi connectivity index (χ3v) is 4.39. The van der Waals surface area contributed by atoms with E-state index in [0.29, 0.717) is 12.1 Å². The topological polar surface area (TPSA) is 73.1 Å². The van der Waals surface area contributed by atoms with E-state index in [0.717, 1.165) is 36.9 Å². The zero-order chi connectivity index (χ0) is 15.3. The molecule has 0 aliphatic heterocycles. The summed E-state index contributed by atoms with van der Waals surface area (Å²) in [7, 11) is 0. The van der Waals surface area contributed by atoms with Gasteiger partial charge in [0.15, 0.2) is 0 Å². The molecule has 0 radical (unpaired) electrons. The summed E-state index contributed by atoms with van der Waals surface area (Å²) in [6, 6.07) is 7.86. The minimum atomic E-state index is -0.733. The van der Waals surface area contributed by atoms with E-state index in [4.69, 9.17) is 0 Å². The van der Waals surface area contributed by atoms with E-state index in [1.807, 2.05) is 25.1 Å². The number of anilines is 1. The fourth-order valence-corrected chi connectivity index (χ4v) is 3.22. The molecular formula is C17H22N2O2. The minimum Gasteiger partial charge on any atom is -0.481 e. The van der Waals surface area contributed by atoms with Crippen LogP contribution in [-0.4, -0.2) is 17.6 Å². The second kappa shape index (κ2) is 6.62. The van der Waals surface area contributed by atoms with Gasteiger partial charge in [-0.1, -0.05) is 25.3 Å². The number of hydrogen-bond donors (Lipinski definition) is 2. The Labute approximate surface area is 125 Å². The highest BCUT2D eigenvalue weighted by Gasteiger charge is 2.34. The molecule has 0 aromatic heterocycles. The fourth-order valence-electron chi connectivity index (χ4n) is 3.22. The maximum absolute atomic E-state index is 11.2. The lowest BCUT2D eigenvalue weighted by Crippen LogP contribution is -2.34. The smallest absolute Gasteiger partial charge is 0.303 e. The molecule has 0 heterocycles. The summed E-state index contributed by atoms with van der Waals surface area (Å²) >= 11 is 0. The summed E-state index contributed by atoms with van der Waals surface area (Å²) in [6.07, 6.45) is 5.46. The van der Waals surface area contributed by atoms with Crippen molar-refractivity contribution in [2.45, 2.75) is 45.4 Å². The van der Waals surface area contributed by atoms with Gasteiger partial charge in [0.1, 0.15) is 6.07 Å². The Balaban J connectivity index is 2.13. The van der Waals surface area contributed by atoms with Crippen LogP contribution >= 0.6 is 0 Å². The highest BCUT2D eigenvalue weighted by atomic mass is 16.4. The number of carboxylic acids is 1. The molecule has 1 aromatic rings. The average molecular weight is 286 g/mol. The number of hydrogen-bond acceptors (Lipinski definition) is 3. The lowest BCUT2D eigenvalue weighted by atomic mass is 9.71. The number of nitrogens with zero attached hydrogens (tertiary/aromatic N) is 1. The maximum Gasteiger partial charge on any atom is 0.303 e. The van der Waals surface area contributed by atoms with Gasteiger partial charge in [-0.15, -0.1) is 0 Å². The zero-order valence-corrected chi connectivity index (χ0v) is 12.5. The third-order valence-electron chi connectivity index (χ3n) is 4.39. The zero-order valence-electron chi connectivity index (χ0n) is 12.5. The summed E-state index contributed by atoms with van der Waals surface area (Å²) in [6.45, 7) is 2.61. The molecular weight excluding hydrogens is 264 g/mol. The molecule has 4 nitrogen and oxygen atoms in total. The molecule has 0 unspecified atom stereocenters. The van der Waals surface area contributed by atoms with Crippen LogP contribution in [0.25, 0.3) is 0 Å². The maximum atomic E-state index is 11.2. The minimum absolute atomic E-state index is 0.180. The molecule has 4 heteroatoms. The molecule has 2 rings (SSSR count). The normalized spacial score (nSPS) is 17.0. The van der Waals surface area contributed by atoms with E-state index in [9.17, 15) is 15.2 Å². The lowest BCUT2D eigenvalue weighted by molar-refractivity contribution is -0.140. The first-order valence-electron chi connectivity index (χ1n) is 7.51. The van der Waals surface area contributed by atoms with Gasteiger partial charge in [0.25, 0.3) is 0 Å². The predicted molar refractivity (Wildman–Crippen MR) is 82.2 cm³/mol.